The van der Waals surface area contributed by atoms with Crippen molar-refractivity contribution in [2.75, 3.05) is 13.1 Å². The van der Waals surface area contributed by atoms with E-state index >= 15 is 0 Å². The smallest absolute Gasteiger partial charge is 0.269 e. The summed E-state index contributed by atoms with van der Waals surface area (Å²) >= 11 is 0. The number of rotatable bonds is 6. The van der Waals surface area contributed by atoms with Gasteiger partial charge in [-0.3, -0.25) is 19.7 Å². The first-order valence-corrected chi connectivity index (χ1v) is 11.7. The van der Waals surface area contributed by atoms with Crippen molar-refractivity contribution < 1.29 is 14.5 Å². The number of benzene rings is 3. The monoisotopic (exact) mass is 517 g/mol. The highest BCUT2D eigenvalue weighted by molar-refractivity contribution is 6.15. The van der Waals surface area contributed by atoms with Gasteiger partial charge in [-0.1, -0.05) is 60.2 Å². The molecule has 0 aliphatic carbocycles. The van der Waals surface area contributed by atoms with Crippen molar-refractivity contribution in [1.82, 2.24) is 4.90 Å². The number of nitro groups is 1. The Morgan fingerprint density at radius 1 is 0.946 bits per heavy atom. The van der Waals surface area contributed by atoms with Crippen LogP contribution in [0.15, 0.2) is 90.0 Å². The summed E-state index contributed by atoms with van der Waals surface area (Å²) in [6, 6.07) is 22.6. The summed E-state index contributed by atoms with van der Waals surface area (Å²) in [6.45, 7) is 2.26. The lowest BCUT2D eigenvalue weighted by Crippen LogP contribution is -2.49. The fraction of sp³-hybridized carbons (Fsp3) is 0.172. The largest absolute Gasteiger partial charge is 0.332 e. The van der Waals surface area contributed by atoms with Crippen molar-refractivity contribution in [3.05, 3.63) is 122 Å². The lowest BCUT2D eigenvalue weighted by Gasteiger charge is -2.32. The molecule has 1 aliphatic rings. The highest BCUT2D eigenvalue weighted by atomic mass is 35.5. The molecule has 0 aromatic heterocycles. The fourth-order valence-corrected chi connectivity index (χ4v) is 4.14. The minimum absolute atomic E-state index is 0. The average molecular weight is 518 g/mol. The maximum Gasteiger partial charge on any atom is 0.269 e. The van der Waals surface area contributed by atoms with Crippen LogP contribution in [-0.4, -0.2) is 40.6 Å². The van der Waals surface area contributed by atoms with Crippen LogP contribution >= 0.6 is 12.4 Å². The van der Waals surface area contributed by atoms with Gasteiger partial charge < -0.3 is 10.6 Å². The van der Waals surface area contributed by atoms with Crippen molar-refractivity contribution in [2.24, 2.45) is 5.73 Å². The molecule has 1 saturated heterocycles. The number of nitrogens with two attached hydrogens (primary N) is 1. The number of hydrogen-bond donors (Lipinski definition) is 1. The summed E-state index contributed by atoms with van der Waals surface area (Å²) in [7, 11) is 0. The van der Waals surface area contributed by atoms with Crippen molar-refractivity contribution in [3.8, 4) is 0 Å². The first-order valence-electron chi connectivity index (χ1n) is 11.7. The molecular formula is C29H28ClN3O4. The molecule has 8 heteroatoms. The van der Waals surface area contributed by atoms with Crippen molar-refractivity contribution in [3.63, 3.8) is 0 Å². The zero-order chi connectivity index (χ0) is 25.7. The number of amides is 1. The van der Waals surface area contributed by atoms with E-state index in [4.69, 9.17) is 5.73 Å². The van der Waals surface area contributed by atoms with Gasteiger partial charge in [0.2, 0.25) is 5.91 Å². The van der Waals surface area contributed by atoms with E-state index in [-0.39, 0.29) is 42.9 Å². The van der Waals surface area contributed by atoms with Crippen LogP contribution < -0.4 is 5.73 Å². The predicted octanol–water partition coefficient (Wildman–Crippen LogP) is 4.77. The lowest BCUT2D eigenvalue weighted by atomic mass is 9.93. The van der Waals surface area contributed by atoms with E-state index in [1.165, 1.54) is 12.1 Å². The molecule has 4 rings (SSSR count). The Bertz CT molecular complexity index is 1330. The molecule has 0 saturated carbocycles. The van der Waals surface area contributed by atoms with E-state index in [2.05, 4.69) is 0 Å². The number of Topliss-reactive ketones (excluding diaryl/α,β-unsaturated/α-hetero) is 1. The normalized spacial score (nSPS) is 16.4. The number of piperidine rings is 1. The first-order chi connectivity index (χ1) is 17.3. The third-order valence-corrected chi connectivity index (χ3v) is 6.10. The second-order valence-corrected chi connectivity index (χ2v) is 8.92. The number of aryl methyl sites for hydroxylation is 1. The topological polar surface area (TPSA) is 107 Å². The summed E-state index contributed by atoms with van der Waals surface area (Å²) < 4.78 is 0. The summed E-state index contributed by atoms with van der Waals surface area (Å²) in [4.78, 5) is 38.8. The highest BCUT2D eigenvalue weighted by Gasteiger charge is 2.31. The molecule has 1 fully saturated rings. The van der Waals surface area contributed by atoms with Crippen molar-refractivity contribution >= 4 is 41.9 Å². The lowest BCUT2D eigenvalue weighted by molar-refractivity contribution is -0.384. The molecule has 0 bridgehead atoms. The van der Waals surface area contributed by atoms with Crippen LogP contribution in [0.25, 0.3) is 12.2 Å². The maximum atomic E-state index is 13.4. The van der Waals surface area contributed by atoms with E-state index in [1.807, 2.05) is 61.5 Å². The van der Waals surface area contributed by atoms with Gasteiger partial charge in [-0.25, -0.2) is 0 Å². The Kier molecular flexibility index (Phi) is 9.11. The molecule has 2 N–H and O–H groups in total. The second-order valence-electron chi connectivity index (χ2n) is 8.92. The van der Waals surface area contributed by atoms with Gasteiger partial charge in [0.15, 0.2) is 5.78 Å². The number of halogens is 1. The number of nitrogens with zero attached hydrogens (tertiary/aromatic N) is 2. The third kappa shape index (κ3) is 7.00. The van der Waals surface area contributed by atoms with Crippen LogP contribution in [-0.2, 0) is 16.0 Å². The molecule has 7 nitrogen and oxygen atoms in total. The van der Waals surface area contributed by atoms with E-state index < -0.39 is 11.0 Å². The summed E-state index contributed by atoms with van der Waals surface area (Å²) in [5, 5.41) is 11.0. The Morgan fingerprint density at radius 2 is 1.46 bits per heavy atom. The maximum absolute atomic E-state index is 13.4. The Balaban J connectivity index is 0.00000380. The molecule has 0 spiro atoms. The van der Waals surface area contributed by atoms with E-state index in [9.17, 15) is 19.7 Å². The van der Waals surface area contributed by atoms with Gasteiger partial charge in [0, 0.05) is 36.4 Å². The summed E-state index contributed by atoms with van der Waals surface area (Å²) in [5.41, 5.74) is 10.7. The van der Waals surface area contributed by atoms with E-state index in [0.29, 0.717) is 23.1 Å². The minimum atomic E-state index is -0.748. The quantitative estimate of drug-likeness (QED) is 0.288. The number of carbonyl (C=O) groups is 2. The van der Waals surface area contributed by atoms with Crippen LogP contribution in [0, 0.1) is 17.0 Å². The minimum Gasteiger partial charge on any atom is -0.332 e. The van der Waals surface area contributed by atoms with Gasteiger partial charge in [0.1, 0.15) is 0 Å². The number of likely N-dealkylation sites (tertiary alicyclic amines) is 1. The van der Waals surface area contributed by atoms with Crippen LogP contribution in [0.3, 0.4) is 0 Å². The molecule has 0 radical (unpaired) electrons. The fourth-order valence-electron chi connectivity index (χ4n) is 4.14. The van der Waals surface area contributed by atoms with Gasteiger partial charge in [0.25, 0.3) is 5.69 Å². The van der Waals surface area contributed by atoms with Crippen molar-refractivity contribution in [2.45, 2.75) is 19.4 Å². The van der Waals surface area contributed by atoms with Crippen LogP contribution in [0.2, 0.25) is 0 Å². The number of hydrogen-bond acceptors (Lipinski definition) is 5. The Morgan fingerprint density at radius 3 is 1.97 bits per heavy atom. The molecule has 3 aromatic carbocycles. The zero-order valence-corrected chi connectivity index (χ0v) is 21.2. The van der Waals surface area contributed by atoms with Gasteiger partial charge in [-0.2, -0.15) is 0 Å². The van der Waals surface area contributed by atoms with E-state index in [1.54, 1.807) is 29.2 Å². The van der Waals surface area contributed by atoms with Gasteiger partial charge >= 0.3 is 0 Å². The molecule has 37 heavy (non-hydrogen) atoms. The molecule has 190 valence electrons. The number of ketones is 1. The number of carbonyl (C=O) groups excluding carboxylic acids is 2. The van der Waals surface area contributed by atoms with Gasteiger partial charge in [-0.15, -0.1) is 12.4 Å². The molecule has 1 aliphatic heterocycles. The van der Waals surface area contributed by atoms with Crippen LogP contribution in [0.1, 0.15) is 22.3 Å². The highest BCUT2D eigenvalue weighted by Crippen LogP contribution is 2.24. The SMILES string of the molecule is Cc1ccc(/C=C2\CN(C(=O)[C@@H](N)Cc3ccccc3)C/C(=C\c3ccc([N+](=O)[O-])cc3)C2=O)cc1.Cl. The Labute approximate surface area is 221 Å². The third-order valence-electron chi connectivity index (χ3n) is 6.10. The number of nitro benzene ring substituents is 1. The van der Waals surface area contributed by atoms with E-state index in [0.717, 1.165) is 16.7 Å². The zero-order valence-electron chi connectivity index (χ0n) is 20.4. The van der Waals surface area contributed by atoms with Gasteiger partial charge in [0.05, 0.1) is 11.0 Å². The molecule has 1 amide bonds. The standard InChI is InChI=1S/C29H27N3O4.ClH/c1-20-7-9-22(10-8-20)15-24-18-31(29(34)27(30)17-21-5-3-2-4-6-21)19-25(28(24)33)16-23-11-13-26(14-12-23)32(35)36;/h2-16,27H,17-19,30H2,1H3;1H/b24-15+,25-16+;/t27-;/m0./s1. The Hall–Kier alpha value is -4.07. The first kappa shape index (κ1) is 27.5. The average Bonchev–Trinajstić information content (AvgIpc) is 2.88. The van der Waals surface area contributed by atoms with Crippen LogP contribution in [0.4, 0.5) is 5.69 Å². The second kappa shape index (κ2) is 12.3. The summed E-state index contributed by atoms with van der Waals surface area (Å²) in [6.07, 6.45) is 3.87. The molecule has 0 unspecified atom stereocenters. The molecule has 3 aromatic rings. The molecule has 1 heterocycles. The van der Waals surface area contributed by atoms with Crippen molar-refractivity contribution in [1.29, 1.82) is 0 Å². The van der Waals surface area contributed by atoms with Gasteiger partial charge in [-0.05, 0) is 54.3 Å². The summed E-state index contributed by atoms with van der Waals surface area (Å²) in [5.74, 6) is -0.398. The molecular weight excluding hydrogens is 490 g/mol. The number of non-ortho nitro benzene ring substituents is 1. The van der Waals surface area contributed by atoms with Crippen LogP contribution in [0.5, 0.6) is 0 Å². The predicted molar refractivity (Wildman–Crippen MR) is 147 cm³/mol. The molecule has 1 atom stereocenters.